The van der Waals surface area contributed by atoms with Crippen LogP contribution >= 0.6 is 23.2 Å². The van der Waals surface area contributed by atoms with Crippen LogP contribution in [0.4, 0.5) is 10.5 Å². The van der Waals surface area contributed by atoms with Gasteiger partial charge in [0.2, 0.25) is 0 Å². The van der Waals surface area contributed by atoms with Gasteiger partial charge >= 0.3 is 6.03 Å². The summed E-state index contributed by atoms with van der Waals surface area (Å²) in [5, 5.41) is 7.06. The van der Waals surface area contributed by atoms with Crippen LogP contribution in [0, 0.1) is 0 Å². The van der Waals surface area contributed by atoms with E-state index in [0.29, 0.717) is 21.5 Å². The van der Waals surface area contributed by atoms with Crippen molar-refractivity contribution in [2.75, 3.05) is 25.5 Å². The number of halogens is 2. The van der Waals surface area contributed by atoms with Gasteiger partial charge < -0.3 is 15.4 Å². The van der Waals surface area contributed by atoms with Crippen molar-refractivity contribution in [2.45, 2.75) is 25.4 Å². The minimum atomic E-state index is -0.189. The summed E-state index contributed by atoms with van der Waals surface area (Å²) >= 11 is 12.1. The summed E-state index contributed by atoms with van der Waals surface area (Å²) in [4.78, 5) is 14.6. The molecule has 2 amide bonds. The summed E-state index contributed by atoms with van der Waals surface area (Å²) in [7, 11) is 1.60. The number of amides is 2. The summed E-state index contributed by atoms with van der Waals surface area (Å²) in [6.07, 6.45) is 1.82. The Kier molecular flexibility index (Phi) is 6.83. The molecule has 0 bridgehead atoms. The SMILES string of the molecule is COc1cccc(NC(=O)NC2CCN(Cc3ccc(Cl)c(Cl)c3)CC2)c1. The lowest BCUT2D eigenvalue weighted by atomic mass is 10.0. The lowest BCUT2D eigenvalue weighted by Crippen LogP contribution is -2.45. The molecule has 0 aromatic heterocycles. The normalized spacial score (nSPS) is 15.4. The van der Waals surface area contributed by atoms with E-state index in [1.165, 1.54) is 0 Å². The van der Waals surface area contributed by atoms with Crippen LogP contribution in [-0.4, -0.2) is 37.2 Å². The summed E-state index contributed by atoms with van der Waals surface area (Å²) in [5.41, 5.74) is 1.86. The molecular formula is C20H23Cl2N3O2. The van der Waals surface area contributed by atoms with Gasteiger partial charge in [-0.3, -0.25) is 4.90 Å². The zero-order chi connectivity index (χ0) is 19.2. The maximum Gasteiger partial charge on any atom is 0.319 e. The fourth-order valence-electron chi connectivity index (χ4n) is 3.18. The first-order valence-electron chi connectivity index (χ1n) is 8.91. The van der Waals surface area contributed by atoms with Crippen molar-refractivity contribution < 1.29 is 9.53 Å². The van der Waals surface area contributed by atoms with E-state index < -0.39 is 0 Å². The molecule has 7 heteroatoms. The second kappa shape index (κ2) is 9.31. The first-order chi connectivity index (χ1) is 13.0. The molecule has 0 unspecified atom stereocenters. The number of carbonyl (C=O) groups excluding carboxylic acids is 1. The molecule has 1 fully saturated rings. The number of carbonyl (C=O) groups is 1. The number of hydrogen-bond donors (Lipinski definition) is 2. The number of rotatable bonds is 5. The van der Waals surface area contributed by atoms with Crippen molar-refractivity contribution in [1.29, 1.82) is 0 Å². The molecule has 1 saturated heterocycles. The number of piperidine rings is 1. The third-order valence-corrected chi connectivity index (χ3v) is 5.38. The highest BCUT2D eigenvalue weighted by molar-refractivity contribution is 6.42. The van der Waals surface area contributed by atoms with Gasteiger partial charge in [0.25, 0.3) is 0 Å². The number of anilines is 1. The average molecular weight is 408 g/mol. The third-order valence-electron chi connectivity index (χ3n) is 4.64. The number of nitrogens with zero attached hydrogens (tertiary/aromatic N) is 1. The maximum absolute atomic E-state index is 12.2. The molecule has 0 atom stereocenters. The summed E-state index contributed by atoms with van der Waals surface area (Å²) in [6, 6.07) is 13.0. The quantitative estimate of drug-likeness (QED) is 0.748. The Morgan fingerprint density at radius 2 is 1.93 bits per heavy atom. The van der Waals surface area contributed by atoms with Gasteiger partial charge in [-0.1, -0.05) is 35.3 Å². The van der Waals surface area contributed by atoms with Crippen molar-refractivity contribution in [3.05, 3.63) is 58.1 Å². The van der Waals surface area contributed by atoms with Gasteiger partial charge in [0.05, 0.1) is 17.2 Å². The van der Waals surface area contributed by atoms with Crippen LogP contribution in [0.1, 0.15) is 18.4 Å². The van der Waals surface area contributed by atoms with E-state index >= 15 is 0 Å². The van der Waals surface area contributed by atoms with Crippen LogP contribution in [0.25, 0.3) is 0 Å². The first-order valence-corrected chi connectivity index (χ1v) is 9.67. The number of nitrogens with one attached hydrogen (secondary N) is 2. The molecule has 0 aliphatic carbocycles. The standard InChI is InChI=1S/C20H23Cl2N3O2/c1-27-17-4-2-3-16(12-17)24-20(26)23-15-7-9-25(10-8-15)13-14-5-6-18(21)19(22)11-14/h2-6,11-12,15H,7-10,13H2,1H3,(H2,23,24,26). The highest BCUT2D eigenvalue weighted by Crippen LogP contribution is 2.24. The van der Waals surface area contributed by atoms with Crippen LogP contribution in [0.5, 0.6) is 5.75 Å². The molecular weight excluding hydrogens is 385 g/mol. The van der Waals surface area contributed by atoms with E-state index in [-0.39, 0.29) is 12.1 Å². The third kappa shape index (κ3) is 5.76. The van der Waals surface area contributed by atoms with E-state index in [2.05, 4.69) is 15.5 Å². The number of methoxy groups -OCH3 is 1. The Hall–Kier alpha value is -1.95. The van der Waals surface area contributed by atoms with E-state index in [1.54, 1.807) is 13.2 Å². The molecule has 5 nitrogen and oxygen atoms in total. The molecule has 27 heavy (non-hydrogen) atoms. The molecule has 2 N–H and O–H groups in total. The smallest absolute Gasteiger partial charge is 0.319 e. The van der Waals surface area contributed by atoms with Gasteiger partial charge in [0.15, 0.2) is 0 Å². The summed E-state index contributed by atoms with van der Waals surface area (Å²) in [5.74, 6) is 0.711. The number of likely N-dealkylation sites (tertiary alicyclic amines) is 1. The molecule has 0 radical (unpaired) electrons. The number of hydrogen-bond acceptors (Lipinski definition) is 3. The van der Waals surface area contributed by atoms with Crippen molar-refractivity contribution in [3.63, 3.8) is 0 Å². The van der Waals surface area contributed by atoms with Gasteiger partial charge in [-0.2, -0.15) is 0 Å². The maximum atomic E-state index is 12.2. The molecule has 1 heterocycles. The van der Waals surface area contributed by atoms with E-state index in [4.69, 9.17) is 27.9 Å². The van der Waals surface area contributed by atoms with Gasteiger partial charge in [0.1, 0.15) is 5.75 Å². The van der Waals surface area contributed by atoms with Crippen molar-refractivity contribution in [1.82, 2.24) is 10.2 Å². The molecule has 2 aromatic carbocycles. The Balaban J connectivity index is 1.44. The molecule has 1 aliphatic rings. The molecule has 2 aromatic rings. The molecule has 0 spiro atoms. The van der Waals surface area contributed by atoms with E-state index in [0.717, 1.165) is 38.0 Å². The molecule has 1 aliphatic heterocycles. The number of benzene rings is 2. The second-order valence-electron chi connectivity index (χ2n) is 6.63. The molecule has 3 rings (SSSR count). The minimum Gasteiger partial charge on any atom is -0.497 e. The zero-order valence-corrected chi connectivity index (χ0v) is 16.7. The minimum absolute atomic E-state index is 0.167. The largest absolute Gasteiger partial charge is 0.497 e. The average Bonchev–Trinajstić information content (AvgIpc) is 2.66. The Bertz CT molecular complexity index is 793. The Morgan fingerprint density at radius 3 is 2.63 bits per heavy atom. The lowest BCUT2D eigenvalue weighted by Gasteiger charge is -2.32. The monoisotopic (exact) mass is 407 g/mol. The zero-order valence-electron chi connectivity index (χ0n) is 15.2. The van der Waals surface area contributed by atoms with E-state index in [9.17, 15) is 4.79 Å². The topological polar surface area (TPSA) is 53.6 Å². The van der Waals surface area contributed by atoms with Crippen molar-refractivity contribution >= 4 is 34.9 Å². The predicted molar refractivity (Wildman–Crippen MR) is 110 cm³/mol. The molecule has 0 saturated carbocycles. The Morgan fingerprint density at radius 1 is 1.15 bits per heavy atom. The van der Waals surface area contributed by atoms with Gasteiger partial charge in [-0.05, 0) is 42.7 Å². The van der Waals surface area contributed by atoms with Gasteiger partial charge in [-0.15, -0.1) is 0 Å². The first kappa shape index (κ1) is 19.8. The van der Waals surface area contributed by atoms with Crippen LogP contribution in [0.3, 0.4) is 0 Å². The van der Waals surface area contributed by atoms with Crippen LogP contribution < -0.4 is 15.4 Å². The van der Waals surface area contributed by atoms with Crippen molar-refractivity contribution in [3.8, 4) is 5.75 Å². The summed E-state index contributed by atoms with van der Waals surface area (Å²) < 4.78 is 5.17. The fourth-order valence-corrected chi connectivity index (χ4v) is 3.51. The van der Waals surface area contributed by atoms with E-state index in [1.807, 2.05) is 36.4 Å². The van der Waals surface area contributed by atoms with Crippen molar-refractivity contribution in [2.24, 2.45) is 0 Å². The van der Waals surface area contributed by atoms with Gasteiger partial charge in [-0.25, -0.2) is 4.79 Å². The highest BCUT2D eigenvalue weighted by Gasteiger charge is 2.21. The van der Waals surface area contributed by atoms with Crippen LogP contribution in [-0.2, 0) is 6.54 Å². The van der Waals surface area contributed by atoms with Gasteiger partial charge in [0, 0.05) is 37.4 Å². The highest BCUT2D eigenvalue weighted by atomic mass is 35.5. The number of urea groups is 1. The second-order valence-corrected chi connectivity index (χ2v) is 7.44. The summed E-state index contributed by atoms with van der Waals surface area (Å²) in [6.45, 7) is 2.67. The van der Waals surface area contributed by atoms with Crippen LogP contribution in [0.2, 0.25) is 10.0 Å². The lowest BCUT2D eigenvalue weighted by molar-refractivity contribution is 0.190. The predicted octanol–water partition coefficient (Wildman–Crippen LogP) is 4.79. The fraction of sp³-hybridized carbons (Fsp3) is 0.350. The Labute approximate surface area is 169 Å². The molecule has 144 valence electrons. The number of ether oxygens (including phenoxy) is 1. The van der Waals surface area contributed by atoms with Crippen LogP contribution in [0.15, 0.2) is 42.5 Å².